The largest absolute Gasteiger partial charge is 0.448 e. The number of nitrogens with one attached hydrogen (secondary N) is 1. The Hall–Kier alpha value is -4.04. The van der Waals surface area contributed by atoms with Crippen LogP contribution in [0, 0.1) is 24.0 Å². The van der Waals surface area contributed by atoms with E-state index in [-0.39, 0.29) is 10.6 Å². The van der Waals surface area contributed by atoms with Crippen LogP contribution in [0.1, 0.15) is 43.5 Å². The van der Waals surface area contributed by atoms with Crippen LogP contribution in [-0.2, 0) is 9.53 Å². The second-order valence-corrected chi connectivity index (χ2v) is 8.02. The summed E-state index contributed by atoms with van der Waals surface area (Å²) in [6.07, 6.45) is -1.20. The number of ether oxygens (including phenoxy) is 1. The molecule has 1 unspecified atom stereocenters. The zero-order valence-corrected chi connectivity index (χ0v) is 19.2. The Morgan fingerprint density at radius 3 is 2.09 bits per heavy atom. The first-order valence-electron chi connectivity index (χ1n) is 10.2. The molecule has 174 valence electrons. The number of benzene rings is 3. The fourth-order valence-corrected chi connectivity index (χ4v) is 3.29. The van der Waals surface area contributed by atoms with Gasteiger partial charge in [0.1, 0.15) is 11.6 Å². The van der Waals surface area contributed by atoms with Crippen LogP contribution in [0.15, 0.2) is 66.7 Å². The average Bonchev–Trinajstić information content (AvgIpc) is 2.82. The minimum Gasteiger partial charge on any atom is -0.448 e. The van der Waals surface area contributed by atoms with E-state index in [1.54, 1.807) is 48.5 Å². The second kappa shape index (κ2) is 10.7. The molecular weight excluding hydrogens is 460 g/mol. The normalized spacial score (nSPS) is 11.4. The lowest BCUT2D eigenvalue weighted by Crippen LogP contribution is -2.32. The number of nitrogens with zero attached hydrogens (tertiary/aromatic N) is 1. The van der Waals surface area contributed by atoms with Crippen molar-refractivity contribution in [2.75, 3.05) is 6.54 Å². The Kier molecular flexibility index (Phi) is 7.75. The van der Waals surface area contributed by atoms with Gasteiger partial charge in [0.15, 0.2) is 6.10 Å². The number of nitro benzene ring substituents is 1. The monoisotopic (exact) mass is 480 g/mol. The van der Waals surface area contributed by atoms with E-state index in [0.717, 1.165) is 17.2 Å². The van der Waals surface area contributed by atoms with E-state index in [4.69, 9.17) is 16.3 Å². The van der Waals surface area contributed by atoms with Crippen molar-refractivity contribution >= 4 is 34.9 Å². The third-order valence-corrected chi connectivity index (χ3v) is 5.32. The number of carbonyl (C=O) groups is 3. The molecule has 1 N–H and O–H groups in total. The molecule has 0 saturated heterocycles. The van der Waals surface area contributed by atoms with Crippen molar-refractivity contribution in [3.63, 3.8) is 0 Å². The second-order valence-electron chi connectivity index (χ2n) is 7.62. The van der Waals surface area contributed by atoms with Gasteiger partial charge >= 0.3 is 5.97 Å². The number of amides is 1. The molecule has 0 aromatic heterocycles. The molecular formula is C25H21ClN2O6. The Balaban J connectivity index is 1.74. The highest BCUT2D eigenvalue weighted by Crippen LogP contribution is 2.25. The summed E-state index contributed by atoms with van der Waals surface area (Å²) in [5.74, 6) is -1.98. The zero-order chi connectivity index (χ0) is 24.8. The molecule has 34 heavy (non-hydrogen) atoms. The Morgan fingerprint density at radius 1 is 0.941 bits per heavy atom. The van der Waals surface area contributed by atoms with Crippen LogP contribution < -0.4 is 5.32 Å². The fourth-order valence-electron chi connectivity index (χ4n) is 3.10. The summed E-state index contributed by atoms with van der Waals surface area (Å²) in [5, 5.41) is 13.3. The Morgan fingerprint density at radius 2 is 1.50 bits per heavy atom. The molecule has 3 aromatic rings. The van der Waals surface area contributed by atoms with Crippen molar-refractivity contribution in [1.82, 2.24) is 5.32 Å². The van der Waals surface area contributed by atoms with Crippen LogP contribution in [0.25, 0.3) is 0 Å². The maximum Gasteiger partial charge on any atom is 0.326 e. The molecule has 0 radical (unpaired) electrons. The SMILES string of the molecule is Cc1ccc(C(=O)C(OC(=O)CNC(=O)c2ccc(Cl)c([N+](=O)[O-])c2)c2ccc(C)cc2)cc1. The van der Waals surface area contributed by atoms with Gasteiger partial charge in [0.25, 0.3) is 11.6 Å². The lowest BCUT2D eigenvalue weighted by atomic mass is 9.98. The van der Waals surface area contributed by atoms with Gasteiger partial charge in [0, 0.05) is 22.8 Å². The molecule has 9 heteroatoms. The predicted molar refractivity (Wildman–Crippen MR) is 126 cm³/mol. The minimum absolute atomic E-state index is 0.0466. The summed E-state index contributed by atoms with van der Waals surface area (Å²) in [6, 6.07) is 17.4. The number of hydrogen-bond acceptors (Lipinski definition) is 6. The molecule has 0 heterocycles. The fraction of sp³-hybridized carbons (Fsp3) is 0.160. The molecule has 0 aliphatic carbocycles. The number of Topliss-reactive ketones (excluding diaryl/α,β-unsaturated/α-hetero) is 1. The van der Waals surface area contributed by atoms with Crippen molar-refractivity contribution in [2.45, 2.75) is 20.0 Å². The van der Waals surface area contributed by atoms with Gasteiger partial charge in [-0.25, -0.2) is 0 Å². The molecule has 0 aliphatic heterocycles. The first-order chi connectivity index (χ1) is 16.2. The van der Waals surface area contributed by atoms with Gasteiger partial charge in [-0.2, -0.15) is 0 Å². The Bertz CT molecular complexity index is 1240. The summed E-state index contributed by atoms with van der Waals surface area (Å²) in [7, 11) is 0. The lowest BCUT2D eigenvalue weighted by Gasteiger charge is -2.18. The number of rotatable bonds is 8. The van der Waals surface area contributed by atoms with Crippen LogP contribution in [0.5, 0.6) is 0 Å². The number of halogens is 1. The quantitative estimate of drug-likeness (QED) is 0.215. The van der Waals surface area contributed by atoms with Crippen molar-refractivity contribution < 1.29 is 24.0 Å². The zero-order valence-electron chi connectivity index (χ0n) is 18.4. The first-order valence-corrected chi connectivity index (χ1v) is 10.6. The van der Waals surface area contributed by atoms with E-state index >= 15 is 0 Å². The van der Waals surface area contributed by atoms with Gasteiger partial charge in [-0.15, -0.1) is 0 Å². The van der Waals surface area contributed by atoms with Gasteiger partial charge in [-0.05, 0) is 26.0 Å². The topological polar surface area (TPSA) is 116 Å². The van der Waals surface area contributed by atoms with E-state index in [9.17, 15) is 24.5 Å². The van der Waals surface area contributed by atoms with Gasteiger partial charge in [-0.3, -0.25) is 24.5 Å². The van der Waals surface area contributed by atoms with Gasteiger partial charge in [0.05, 0.1) is 4.92 Å². The molecule has 0 spiro atoms. The summed E-state index contributed by atoms with van der Waals surface area (Å²) >= 11 is 5.76. The van der Waals surface area contributed by atoms with Gasteiger partial charge < -0.3 is 10.1 Å². The Labute approximate surface area is 200 Å². The summed E-state index contributed by atoms with van der Waals surface area (Å²) in [5.41, 5.74) is 2.34. The van der Waals surface area contributed by atoms with Crippen LogP contribution in [-0.4, -0.2) is 29.1 Å². The maximum atomic E-state index is 13.1. The molecule has 0 bridgehead atoms. The smallest absolute Gasteiger partial charge is 0.326 e. The number of hydrogen-bond donors (Lipinski definition) is 1. The number of nitro groups is 1. The lowest BCUT2D eigenvalue weighted by molar-refractivity contribution is -0.384. The summed E-state index contributed by atoms with van der Waals surface area (Å²) in [4.78, 5) is 48.3. The molecule has 0 aliphatic rings. The van der Waals surface area contributed by atoms with Gasteiger partial charge in [-0.1, -0.05) is 71.3 Å². The van der Waals surface area contributed by atoms with Crippen LogP contribution >= 0.6 is 11.6 Å². The van der Waals surface area contributed by atoms with Gasteiger partial charge in [0.2, 0.25) is 5.78 Å². The van der Waals surface area contributed by atoms with E-state index in [0.29, 0.717) is 11.1 Å². The van der Waals surface area contributed by atoms with Crippen molar-refractivity contribution in [1.29, 1.82) is 0 Å². The van der Waals surface area contributed by atoms with E-state index in [1.165, 1.54) is 12.1 Å². The molecule has 3 rings (SSSR count). The minimum atomic E-state index is -1.20. The average molecular weight is 481 g/mol. The molecule has 0 saturated carbocycles. The molecule has 1 atom stereocenters. The van der Waals surface area contributed by atoms with Crippen molar-refractivity contribution in [2.24, 2.45) is 0 Å². The van der Waals surface area contributed by atoms with Crippen LogP contribution in [0.3, 0.4) is 0 Å². The third kappa shape index (κ3) is 6.05. The summed E-state index contributed by atoms with van der Waals surface area (Å²) < 4.78 is 5.46. The number of esters is 1. The van der Waals surface area contributed by atoms with E-state index in [1.807, 2.05) is 13.8 Å². The number of carbonyl (C=O) groups excluding carboxylic acids is 3. The number of aryl methyl sites for hydroxylation is 2. The maximum absolute atomic E-state index is 13.1. The molecule has 1 amide bonds. The summed E-state index contributed by atoms with van der Waals surface area (Å²) in [6.45, 7) is 3.24. The molecule has 8 nitrogen and oxygen atoms in total. The van der Waals surface area contributed by atoms with Crippen LogP contribution in [0.2, 0.25) is 5.02 Å². The van der Waals surface area contributed by atoms with Crippen LogP contribution in [0.4, 0.5) is 5.69 Å². The standard InChI is InChI=1S/C25H21ClN2O6/c1-15-3-7-17(8-4-15)23(30)24(18-9-5-16(2)6-10-18)34-22(29)14-27-25(31)19-11-12-20(26)21(13-19)28(32)33/h3-13,24H,14H2,1-2H3,(H,27,31). The third-order valence-electron chi connectivity index (χ3n) is 5.00. The predicted octanol–water partition coefficient (Wildman–Crippen LogP) is 4.76. The number of ketones is 1. The highest BCUT2D eigenvalue weighted by atomic mass is 35.5. The highest BCUT2D eigenvalue weighted by molar-refractivity contribution is 6.32. The first kappa shape index (κ1) is 24.6. The van der Waals surface area contributed by atoms with E-state index < -0.39 is 40.9 Å². The highest BCUT2D eigenvalue weighted by Gasteiger charge is 2.26. The van der Waals surface area contributed by atoms with Crippen molar-refractivity contribution in [3.8, 4) is 0 Å². The molecule has 3 aromatic carbocycles. The van der Waals surface area contributed by atoms with E-state index in [2.05, 4.69) is 5.32 Å². The molecule has 0 fully saturated rings. The van der Waals surface area contributed by atoms with Crippen molar-refractivity contribution in [3.05, 3.63) is 110 Å².